The van der Waals surface area contributed by atoms with Gasteiger partial charge in [0.1, 0.15) is 6.26 Å². The fourth-order valence-electron chi connectivity index (χ4n) is 3.14. The van der Waals surface area contributed by atoms with E-state index in [4.69, 9.17) is 4.42 Å². The zero-order valence-electron chi connectivity index (χ0n) is 14.0. The standard InChI is InChI=1S/C20H20N4O/c1-2-6-19(7-3-1)24-16-17(15-22-24)5-4-11-23-12-8-18(9-13-23)20-21-10-14-25-20/h1-3,6-7,10,14-16,18H,8-9,11-13H2. The van der Waals surface area contributed by atoms with Crippen LogP contribution in [0.5, 0.6) is 0 Å². The van der Waals surface area contributed by atoms with Gasteiger partial charge >= 0.3 is 0 Å². The molecular formula is C20H20N4O. The van der Waals surface area contributed by atoms with Crippen LogP contribution in [0.3, 0.4) is 0 Å². The van der Waals surface area contributed by atoms with Gasteiger partial charge in [-0.05, 0) is 38.1 Å². The van der Waals surface area contributed by atoms with E-state index in [-0.39, 0.29) is 0 Å². The first-order valence-electron chi connectivity index (χ1n) is 8.59. The van der Waals surface area contributed by atoms with Gasteiger partial charge in [-0.25, -0.2) is 9.67 Å². The van der Waals surface area contributed by atoms with E-state index in [0.717, 1.165) is 49.6 Å². The van der Waals surface area contributed by atoms with Crippen molar-refractivity contribution in [1.29, 1.82) is 0 Å². The second-order valence-corrected chi connectivity index (χ2v) is 6.23. The zero-order valence-corrected chi connectivity index (χ0v) is 14.0. The number of hydrogen-bond acceptors (Lipinski definition) is 4. The Hall–Kier alpha value is -2.84. The van der Waals surface area contributed by atoms with E-state index in [9.17, 15) is 0 Å². The summed E-state index contributed by atoms with van der Waals surface area (Å²) in [5, 5.41) is 4.37. The van der Waals surface area contributed by atoms with Gasteiger partial charge in [0.05, 0.1) is 30.2 Å². The highest BCUT2D eigenvalue weighted by Gasteiger charge is 2.22. The Kier molecular flexibility index (Phi) is 4.62. The summed E-state index contributed by atoms with van der Waals surface area (Å²) in [5.41, 5.74) is 1.99. The van der Waals surface area contributed by atoms with Crippen LogP contribution in [0.1, 0.15) is 30.2 Å². The Bertz CT molecular complexity index is 850. The van der Waals surface area contributed by atoms with Crippen molar-refractivity contribution in [2.45, 2.75) is 18.8 Å². The quantitative estimate of drug-likeness (QED) is 0.692. The molecule has 0 saturated carbocycles. The molecule has 4 rings (SSSR count). The molecule has 3 heterocycles. The molecule has 1 aliphatic heterocycles. The normalized spacial score (nSPS) is 15.7. The first-order chi connectivity index (χ1) is 12.4. The summed E-state index contributed by atoms with van der Waals surface area (Å²) in [6.45, 7) is 2.85. The lowest BCUT2D eigenvalue weighted by Gasteiger charge is -2.28. The number of aromatic nitrogens is 3. The van der Waals surface area contributed by atoms with Crippen LogP contribution in [-0.4, -0.2) is 39.3 Å². The minimum atomic E-state index is 0.448. The summed E-state index contributed by atoms with van der Waals surface area (Å²) in [7, 11) is 0. The third-order valence-corrected chi connectivity index (χ3v) is 4.53. The van der Waals surface area contributed by atoms with Crippen LogP contribution in [0.2, 0.25) is 0 Å². The predicted molar refractivity (Wildman–Crippen MR) is 95.4 cm³/mol. The van der Waals surface area contributed by atoms with Gasteiger partial charge in [-0.15, -0.1) is 0 Å². The van der Waals surface area contributed by atoms with Gasteiger partial charge in [-0.3, -0.25) is 4.90 Å². The number of rotatable bonds is 3. The monoisotopic (exact) mass is 332 g/mol. The smallest absolute Gasteiger partial charge is 0.197 e. The molecule has 1 fully saturated rings. The van der Waals surface area contributed by atoms with E-state index in [0.29, 0.717) is 5.92 Å². The molecule has 0 aliphatic carbocycles. The molecule has 1 saturated heterocycles. The van der Waals surface area contributed by atoms with Crippen LogP contribution < -0.4 is 0 Å². The highest BCUT2D eigenvalue weighted by atomic mass is 16.3. The molecule has 1 aliphatic rings. The van der Waals surface area contributed by atoms with Crippen molar-refractivity contribution >= 4 is 0 Å². The SMILES string of the molecule is C(#Cc1cnn(-c2ccccc2)c1)CN1CCC(c2ncco2)CC1. The fourth-order valence-corrected chi connectivity index (χ4v) is 3.14. The van der Waals surface area contributed by atoms with Crippen molar-refractivity contribution in [1.82, 2.24) is 19.7 Å². The van der Waals surface area contributed by atoms with E-state index in [1.54, 1.807) is 12.5 Å². The second kappa shape index (κ2) is 7.37. The molecule has 126 valence electrons. The summed E-state index contributed by atoms with van der Waals surface area (Å²) in [5.74, 6) is 7.81. The second-order valence-electron chi connectivity index (χ2n) is 6.23. The maximum Gasteiger partial charge on any atom is 0.197 e. The molecule has 25 heavy (non-hydrogen) atoms. The fraction of sp³-hybridized carbons (Fsp3) is 0.300. The molecule has 0 unspecified atom stereocenters. The largest absolute Gasteiger partial charge is 0.449 e. The Labute approximate surface area is 147 Å². The molecule has 5 heteroatoms. The average molecular weight is 332 g/mol. The summed E-state index contributed by atoms with van der Waals surface area (Å²) >= 11 is 0. The van der Waals surface area contributed by atoms with Crippen molar-refractivity contribution in [3.63, 3.8) is 0 Å². The van der Waals surface area contributed by atoms with Gasteiger partial charge in [-0.2, -0.15) is 5.10 Å². The van der Waals surface area contributed by atoms with Gasteiger partial charge < -0.3 is 4.42 Å². The van der Waals surface area contributed by atoms with E-state index in [1.807, 2.05) is 47.4 Å². The lowest BCUT2D eigenvalue weighted by Crippen LogP contribution is -2.33. The van der Waals surface area contributed by atoms with Crippen LogP contribution >= 0.6 is 0 Å². The van der Waals surface area contributed by atoms with Gasteiger partial charge in [0.15, 0.2) is 5.89 Å². The third-order valence-electron chi connectivity index (χ3n) is 4.53. The van der Waals surface area contributed by atoms with Crippen molar-refractivity contribution in [2.24, 2.45) is 0 Å². The highest BCUT2D eigenvalue weighted by Crippen LogP contribution is 2.26. The number of piperidine rings is 1. The number of benzene rings is 1. The Morgan fingerprint density at radius 1 is 1.16 bits per heavy atom. The lowest BCUT2D eigenvalue weighted by molar-refractivity contribution is 0.220. The van der Waals surface area contributed by atoms with E-state index in [1.165, 1.54) is 0 Å². The highest BCUT2D eigenvalue weighted by molar-refractivity contribution is 5.36. The molecule has 0 spiro atoms. The van der Waals surface area contributed by atoms with Gasteiger partial charge in [0, 0.05) is 12.1 Å². The number of hydrogen-bond donors (Lipinski definition) is 0. The first kappa shape index (κ1) is 15.7. The lowest BCUT2D eigenvalue weighted by atomic mass is 9.97. The molecule has 3 aromatic rings. The number of para-hydroxylation sites is 1. The predicted octanol–water partition coefficient (Wildman–Crippen LogP) is 3.09. The minimum absolute atomic E-state index is 0.448. The average Bonchev–Trinajstić information content (AvgIpc) is 3.35. The van der Waals surface area contributed by atoms with Crippen molar-refractivity contribution < 1.29 is 4.42 Å². The molecular weight excluding hydrogens is 312 g/mol. The number of likely N-dealkylation sites (tertiary alicyclic amines) is 1. The Morgan fingerprint density at radius 2 is 2.00 bits per heavy atom. The number of nitrogens with zero attached hydrogens (tertiary/aromatic N) is 4. The van der Waals surface area contributed by atoms with Gasteiger partial charge in [-0.1, -0.05) is 30.0 Å². The summed E-state index contributed by atoms with van der Waals surface area (Å²) in [6.07, 6.45) is 9.32. The first-order valence-corrected chi connectivity index (χ1v) is 8.59. The van der Waals surface area contributed by atoms with Crippen LogP contribution in [0.4, 0.5) is 0 Å². The Balaban J connectivity index is 1.31. The number of oxazole rings is 1. The Morgan fingerprint density at radius 3 is 2.76 bits per heavy atom. The molecule has 0 bridgehead atoms. The topological polar surface area (TPSA) is 47.1 Å². The third kappa shape index (κ3) is 3.81. The maximum atomic E-state index is 5.42. The van der Waals surface area contributed by atoms with E-state index in [2.05, 4.69) is 26.8 Å². The minimum Gasteiger partial charge on any atom is -0.449 e. The summed E-state index contributed by atoms with van der Waals surface area (Å²) < 4.78 is 7.27. The summed E-state index contributed by atoms with van der Waals surface area (Å²) in [6, 6.07) is 10.1. The van der Waals surface area contributed by atoms with Gasteiger partial charge in [0.25, 0.3) is 0 Å². The molecule has 0 amide bonds. The molecule has 2 aromatic heterocycles. The molecule has 0 atom stereocenters. The molecule has 0 N–H and O–H groups in total. The maximum absolute atomic E-state index is 5.42. The zero-order chi connectivity index (χ0) is 16.9. The van der Waals surface area contributed by atoms with Crippen molar-refractivity contribution in [3.05, 3.63) is 66.6 Å². The molecule has 5 nitrogen and oxygen atoms in total. The molecule has 1 aromatic carbocycles. The van der Waals surface area contributed by atoms with Crippen molar-refractivity contribution in [3.8, 4) is 17.5 Å². The van der Waals surface area contributed by atoms with Gasteiger partial charge in [0.2, 0.25) is 0 Å². The van der Waals surface area contributed by atoms with Crippen LogP contribution in [0, 0.1) is 11.8 Å². The van der Waals surface area contributed by atoms with E-state index < -0.39 is 0 Å². The molecule has 0 radical (unpaired) electrons. The van der Waals surface area contributed by atoms with Crippen LogP contribution in [-0.2, 0) is 0 Å². The summed E-state index contributed by atoms with van der Waals surface area (Å²) in [4.78, 5) is 6.65. The van der Waals surface area contributed by atoms with Crippen LogP contribution in [0.15, 0.2) is 59.6 Å². The van der Waals surface area contributed by atoms with E-state index >= 15 is 0 Å². The van der Waals surface area contributed by atoms with Crippen LogP contribution in [0.25, 0.3) is 5.69 Å². The van der Waals surface area contributed by atoms with Crippen molar-refractivity contribution in [2.75, 3.05) is 19.6 Å².